The van der Waals surface area contributed by atoms with Crippen LogP contribution in [0.4, 0.5) is 0 Å². The molecule has 0 saturated heterocycles. The Kier molecular flexibility index (Phi) is 7.56. The fraction of sp³-hybridized carbons (Fsp3) is 0.125. The molecular formula is C24H21BrN2O4. The third-order valence-electron chi connectivity index (χ3n) is 4.47. The van der Waals surface area contributed by atoms with Crippen molar-refractivity contribution in [2.24, 2.45) is 5.10 Å². The first-order valence-corrected chi connectivity index (χ1v) is 10.3. The van der Waals surface area contributed by atoms with E-state index in [1.165, 1.54) is 6.21 Å². The van der Waals surface area contributed by atoms with Gasteiger partial charge in [-0.15, -0.1) is 0 Å². The molecule has 1 N–H and O–H groups in total. The summed E-state index contributed by atoms with van der Waals surface area (Å²) in [6.45, 7) is 3.80. The van der Waals surface area contributed by atoms with Crippen LogP contribution in [0.2, 0.25) is 0 Å². The molecule has 0 aliphatic carbocycles. The van der Waals surface area contributed by atoms with E-state index in [2.05, 4.69) is 26.5 Å². The number of benzene rings is 3. The van der Waals surface area contributed by atoms with E-state index < -0.39 is 5.97 Å². The first-order valence-electron chi connectivity index (χ1n) is 9.51. The van der Waals surface area contributed by atoms with Crippen LogP contribution in [-0.4, -0.2) is 24.7 Å². The highest BCUT2D eigenvalue weighted by atomic mass is 79.9. The minimum absolute atomic E-state index is 0.133. The molecule has 0 bridgehead atoms. The zero-order chi connectivity index (χ0) is 22.2. The lowest BCUT2D eigenvalue weighted by Crippen LogP contribution is -2.24. The highest BCUT2D eigenvalue weighted by Crippen LogP contribution is 2.20. The molecule has 0 atom stereocenters. The molecule has 0 unspecified atom stereocenters. The van der Waals surface area contributed by atoms with Crippen molar-refractivity contribution in [2.75, 3.05) is 6.61 Å². The van der Waals surface area contributed by atoms with Crippen LogP contribution < -0.4 is 14.9 Å². The molecule has 0 fully saturated rings. The van der Waals surface area contributed by atoms with Crippen molar-refractivity contribution < 1.29 is 19.1 Å². The lowest BCUT2D eigenvalue weighted by molar-refractivity contribution is -0.123. The van der Waals surface area contributed by atoms with Gasteiger partial charge in [-0.3, -0.25) is 4.79 Å². The van der Waals surface area contributed by atoms with Crippen LogP contribution in [0.5, 0.6) is 11.5 Å². The van der Waals surface area contributed by atoms with E-state index in [-0.39, 0.29) is 12.5 Å². The number of hydrogen-bond donors (Lipinski definition) is 1. The highest BCUT2D eigenvalue weighted by Gasteiger charge is 2.09. The van der Waals surface area contributed by atoms with Crippen molar-refractivity contribution in [3.05, 3.63) is 93.5 Å². The molecule has 0 spiro atoms. The second-order valence-corrected chi connectivity index (χ2v) is 7.66. The summed E-state index contributed by atoms with van der Waals surface area (Å²) in [4.78, 5) is 24.1. The smallest absolute Gasteiger partial charge is 0.343 e. The van der Waals surface area contributed by atoms with Gasteiger partial charge in [0.15, 0.2) is 6.61 Å². The van der Waals surface area contributed by atoms with E-state index in [0.717, 1.165) is 21.2 Å². The molecule has 0 aliphatic heterocycles. The van der Waals surface area contributed by atoms with Gasteiger partial charge in [-0.1, -0.05) is 34.1 Å². The maximum Gasteiger partial charge on any atom is 0.343 e. The lowest BCUT2D eigenvalue weighted by atomic mass is 10.1. The van der Waals surface area contributed by atoms with Gasteiger partial charge in [-0.25, -0.2) is 10.2 Å². The molecular weight excluding hydrogens is 460 g/mol. The Hall–Kier alpha value is -3.45. The van der Waals surface area contributed by atoms with Crippen LogP contribution in [0.1, 0.15) is 27.0 Å². The number of hydrogen-bond acceptors (Lipinski definition) is 5. The number of nitrogens with one attached hydrogen (secondary N) is 1. The zero-order valence-corrected chi connectivity index (χ0v) is 18.7. The summed E-state index contributed by atoms with van der Waals surface area (Å²) in [5.41, 5.74) is 5.71. The van der Waals surface area contributed by atoms with Crippen molar-refractivity contribution in [1.29, 1.82) is 0 Å². The number of esters is 1. The van der Waals surface area contributed by atoms with Crippen LogP contribution >= 0.6 is 15.9 Å². The molecule has 3 rings (SSSR count). The normalized spacial score (nSPS) is 10.7. The molecule has 0 saturated carbocycles. The summed E-state index contributed by atoms with van der Waals surface area (Å²) in [5, 5.41) is 3.92. The standard InChI is InChI=1S/C24H21BrN2O4/c1-16-5-3-8-22(17(16)2)30-15-23(28)27-26-14-18-9-11-21(12-10-18)31-24(29)19-6-4-7-20(25)13-19/h3-14H,15H2,1-2H3,(H,27,28)/b26-14-. The number of nitrogens with zero attached hydrogens (tertiary/aromatic N) is 1. The Morgan fingerprint density at radius 3 is 2.52 bits per heavy atom. The summed E-state index contributed by atoms with van der Waals surface area (Å²) in [5.74, 6) is 0.274. The minimum atomic E-state index is -0.446. The van der Waals surface area contributed by atoms with Gasteiger partial charge in [-0.05, 0) is 79.1 Å². The highest BCUT2D eigenvalue weighted by molar-refractivity contribution is 9.10. The zero-order valence-electron chi connectivity index (χ0n) is 17.1. The van der Waals surface area contributed by atoms with Crippen molar-refractivity contribution in [3.8, 4) is 11.5 Å². The number of amides is 1. The van der Waals surface area contributed by atoms with Crippen LogP contribution in [0, 0.1) is 13.8 Å². The van der Waals surface area contributed by atoms with E-state index in [9.17, 15) is 9.59 Å². The van der Waals surface area contributed by atoms with Crippen LogP contribution in [-0.2, 0) is 4.79 Å². The molecule has 0 aromatic heterocycles. The van der Waals surface area contributed by atoms with Gasteiger partial charge >= 0.3 is 5.97 Å². The number of carbonyl (C=O) groups is 2. The number of rotatable bonds is 7. The van der Waals surface area contributed by atoms with Crippen molar-refractivity contribution >= 4 is 34.0 Å². The second-order valence-electron chi connectivity index (χ2n) is 6.75. The first kappa shape index (κ1) is 22.2. The molecule has 7 heteroatoms. The number of ether oxygens (including phenoxy) is 2. The number of aryl methyl sites for hydroxylation is 1. The maximum absolute atomic E-state index is 12.2. The molecule has 0 aliphatic rings. The van der Waals surface area contributed by atoms with Gasteiger partial charge in [-0.2, -0.15) is 5.10 Å². The molecule has 3 aromatic carbocycles. The average Bonchev–Trinajstić information content (AvgIpc) is 2.76. The monoisotopic (exact) mass is 480 g/mol. The van der Waals surface area contributed by atoms with Crippen molar-refractivity contribution in [1.82, 2.24) is 5.43 Å². The largest absolute Gasteiger partial charge is 0.483 e. The summed E-state index contributed by atoms with van der Waals surface area (Å²) >= 11 is 3.33. The van der Waals surface area contributed by atoms with Gasteiger partial charge in [0.2, 0.25) is 0 Å². The van der Waals surface area contributed by atoms with Gasteiger partial charge in [0.25, 0.3) is 5.91 Å². The fourth-order valence-corrected chi connectivity index (χ4v) is 3.04. The van der Waals surface area contributed by atoms with Gasteiger partial charge in [0, 0.05) is 4.47 Å². The van der Waals surface area contributed by atoms with E-state index >= 15 is 0 Å². The van der Waals surface area contributed by atoms with E-state index in [4.69, 9.17) is 9.47 Å². The molecule has 3 aromatic rings. The van der Waals surface area contributed by atoms with Gasteiger partial charge in [0.05, 0.1) is 11.8 Å². The number of hydrazone groups is 1. The minimum Gasteiger partial charge on any atom is -0.483 e. The molecule has 0 heterocycles. The van der Waals surface area contributed by atoms with Crippen molar-refractivity contribution in [3.63, 3.8) is 0 Å². The predicted octanol–water partition coefficient (Wildman–Crippen LogP) is 4.81. The summed E-state index contributed by atoms with van der Waals surface area (Å²) in [6.07, 6.45) is 1.50. The van der Waals surface area contributed by atoms with Crippen LogP contribution in [0.3, 0.4) is 0 Å². The molecule has 158 valence electrons. The third-order valence-corrected chi connectivity index (χ3v) is 4.96. The Morgan fingerprint density at radius 2 is 1.77 bits per heavy atom. The Morgan fingerprint density at radius 1 is 1.03 bits per heavy atom. The maximum atomic E-state index is 12.2. The Labute approximate surface area is 189 Å². The first-order chi connectivity index (χ1) is 14.9. The lowest BCUT2D eigenvalue weighted by Gasteiger charge is -2.09. The molecule has 0 radical (unpaired) electrons. The van der Waals surface area contributed by atoms with Crippen LogP contribution in [0.25, 0.3) is 0 Å². The second kappa shape index (κ2) is 10.5. The fourth-order valence-electron chi connectivity index (χ4n) is 2.64. The summed E-state index contributed by atoms with van der Waals surface area (Å²) in [7, 11) is 0. The van der Waals surface area contributed by atoms with Crippen molar-refractivity contribution in [2.45, 2.75) is 13.8 Å². The van der Waals surface area contributed by atoms with E-state index in [1.54, 1.807) is 42.5 Å². The Bertz CT molecular complexity index is 1110. The van der Waals surface area contributed by atoms with Gasteiger partial charge < -0.3 is 9.47 Å². The van der Waals surface area contributed by atoms with E-state index in [0.29, 0.717) is 17.1 Å². The topological polar surface area (TPSA) is 77.0 Å². The molecule has 31 heavy (non-hydrogen) atoms. The SMILES string of the molecule is Cc1cccc(OCC(=O)N/N=C\c2ccc(OC(=O)c3cccc(Br)c3)cc2)c1C. The Balaban J connectivity index is 1.48. The molecule has 6 nitrogen and oxygen atoms in total. The third kappa shape index (κ3) is 6.52. The predicted molar refractivity (Wildman–Crippen MR) is 123 cm³/mol. The number of halogens is 1. The summed E-state index contributed by atoms with van der Waals surface area (Å²) in [6, 6.07) is 19.4. The average molecular weight is 481 g/mol. The van der Waals surface area contributed by atoms with Crippen LogP contribution in [0.15, 0.2) is 76.3 Å². The van der Waals surface area contributed by atoms with Gasteiger partial charge in [0.1, 0.15) is 11.5 Å². The number of carbonyl (C=O) groups excluding carboxylic acids is 2. The quantitative estimate of drug-likeness (QED) is 0.227. The molecule has 1 amide bonds. The summed E-state index contributed by atoms with van der Waals surface area (Å²) < 4.78 is 11.7. The van der Waals surface area contributed by atoms with E-state index in [1.807, 2.05) is 38.1 Å².